The lowest BCUT2D eigenvalue weighted by atomic mass is 9.98. The van der Waals surface area contributed by atoms with Crippen LogP contribution in [0, 0.1) is 0 Å². The molecule has 0 radical (unpaired) electrons. The first-order valence-electron chi connectivity index (χ1n) is 3.14. The highest BCUT2D eigenvalue weighted by molar-refractivity contribution is 6.17. The van der Waals surface area contributed by atoms with Gasteiger partial charge in [0.25, 0.3) is 0 Å². The second-order valence-electron chi connectivity index (χ2n) is 2.13. The van der Waals surface area contributed by atoms with E-state index < -0.39 is 0 Å². The summed E-state index contributed by atoms with van der Waals surface area (Å²) in [6.07, 6.45) is 4.20. The number of hydrogen-bond donors (Lipinski definition) is 0. The van der Waals surface area contributed by atoms with Crippen LogP contribution < -0.4 is 0 Å². The van der Waals surface area contributed by atoms with Gasteiger partial charge in [-0.3, -0.25) is 14.4 Å². The molecule has 1 aliphatic carbocycles. The molecule has 0 saturated heterocycles. The molecular weight excluding hydrogens is 144 g/mol. The molecule has 0 aromatic heterocycles. The number of Topliss-reactive ketones (excluding diaryl/α,β-unsaturated/α-hetero) is 1. The Kier molecular flexibility index (Phi) is 2.11. The highest BCUT2D eigenvalue weighted by atomic mass is 16.1. The lowest BCUT2D eigenvalue weighted by molar-refractivity contribution is -0.117. The van der Waals surface area contributed by atoms with Crippen LogP contribution >= 0.6 is 0 Å². The molecule has 0 amide bonds. The van der Waals surface area contributed by atoms with Gasteiger partial charge in [-0.1, -0.05) is 12.2 Å². The third kappa shape index (κ3) is 1.32. The van der Waals surface area contributed by atoms with E-state index in [0.29, 0.717) is 12.6 Å². The first-order valence-corrected chi connectivity index (χ1v) is 3.14. The van der Waals surface area contributed by atoms with Crippen molar-refractivity contribution in [3.05, 3.63) is 23.3 Å². The van der Waals surface area contributed by atoms with E-state index in [2.05, 4.69) is 0 Å². The van der Waals surface area contributed by atoms with Crippen molar-refractivity contribution >= 4 is 18.4 Å². The zero-order valence-electron chi connectivity index (χ0n) is 5.74. The van der Waals surface area contributed by atoms with Crippen LogP contribution in [0.5, 0.6) is 0 Å². The van der Waals surface area contributed by atoms with Gasteiger partial charge >= 0.3 is 0 Å². The van der Waals surface area contributed by atoms with Crippen molar-refractivity contribution in [3.8, 4) is 0 Å². The molecule has 0 spiro atoms. The highest BCUT2D eigenvalue weighted by Gasteiger charge is 2.14. The Morgan fingerprint density at radius 3 is 2.45 bits per heavy atom. The molecule has 11 heavy (non-hydrogen) atoms. The molecule has 0 N–H and O–H groups in total. The molecule has 1 rings (SSSR count). The van der Waals surface area contributed by atoms with E-state index in [1.807, 2.05) is 0 Å². The molecule has 0 heterocycles. The van der Waals surface area contributed by atoms with E-state index >= 15 is 0 Å². The van der Waals surface area contributed by atoms with Crippen LogP contribution in [-0.2, 0) is 14.4 Å². The van der Waals surface area contributed by atoms with Crippen molar-refractivity contribution in [2.75, 3.05) is 0 Å². The van der Waals surface area contributed by atoms with Gasteiger partial charge in [0.1, 0.15) is 0 Å². The van der Waals surface area contributed by atoms with Crippen molar-refractivity contribution in [3.63, 3.8) is 0 Å². The molecule has 0 bridgehead atoms. The molecule has 3 nitrogen and oxygen atoms in total. The van der Waals surface area contributed by atoms with E-state index in [4.69, 9.17) is 0 Å². The Labute approximate surface area is 63.4 Å². The number of ketones is 1. The first-order chi connectivity index (χ1) is 5.29. The summed E-state index contributed by atoms with van der Waals surface area (Å²) >= 11 is 0. The molecule has 0 unspecified atom stereocenters. The molecule has 1 aliphatic rings. The lowest BCUT2D eigenvalue weighted by Crippen LogP contribution is -2.09. The summed E-state index contributed by atoms with van der Waals surface area (Å²) in [6, 6.07) is 0. The second-order valence-corrected chi connectivity index (χ2v) is 2.13. The highest BCUT2D eigenvalue weighted by Crippen LogP contribution is 2.11. The van der Waals surface area contributed by atoms with Crippen molar-refractivity contribution in [1.82, 2.24) is 0 Å². The van der Waals surface area contributed by atoms with E-state index in [9.17, 15) is 14.4 Å². The van der Waals surface area contributed by atoms with Crippen LogP contribution in [0.2, 0.25) is 0 Å². The van der Waals surface area contributed by atoms with Gasteiger partial charge in [0.2, 0.25) is 0 Å². The minimum atomic E-state index is -0.287. The predicted octanol–water partition coefficient (Wildman–Crippen LogP) is 0.210. The topological polar surface area (TPSA) is 51.2 Å². The van der Waals surface area contributed by atoms with Gasteiger partial charge in [0.15, 0.2) is 18.4 Å². The van der Waals surface area contributed by atoms with Crippen LogP contribution in [0.3, 0.4) is 0 Å². The van der Waals surface area contributed by atoms with Gasteiger partial charge in [-0.25, -0.2) is 0 Å². The van der Waals surface area contributed by atoms with Crippen LogP contribution in [0.15, 0.2) is 23.3 Å². The van der Waals surface area contributed by atoms with Gasteiger partial charge in [-0.2, -0.15) is 0 Å². The van der Waals surface area contributed by atoms with Gasteiger partial charge in [0.05, 0.1) is 5.57 Å². The summed E-state index contributed by atoms with van der Waals surface area (Å²) < 4.78 is 0. The molecule has 0 atom stereocenters. The average molecular weight is 150 g/mol. The third-order valence-corrected chi connectivity index (χ3v) is 1.46. The molecule has 56 valence electrons. The molecule has 0 saturated carbocycles. The monoisotopic (exact) mass is 150 g/mol. The number of allylic oxidation sites excluding steroid dienone is 4. The Hall–Kier alpha value is -1.51. The van der Waals surface area contributed by atoms with Gasteiger partial charge in [0, 0.05) is 12.0 Å². The largest absolute Gasteiger partial charge is 0.298 e. The fraction of sp³-hybridized carbons (Fsp3) is 0.125. The zero-order chi connectivity index (χ0) is 8.27. The summed E-state index contributed by atoms with van der Waals surface area (Å²) in [5.74, 6) is -0.287. The normalized spacial score (nSPS) is 16.9. The van der Waals surface area contributed by atoms with Crippen molar-refractivity contribution < 1.29 is 14.4 Å². The van der Waals surface area contributed by atoms with Crippen molar-refractivity contribution in [1.29, 1.82) is 0 Å². The number of carbonyl (C=O) groups excluding carboxylic acids is 3. The summed E-state index contributed by atoms with van der Waals surface area (Å²) in [6.45, 7) is 0. The zero-order valence-corrected chi connectivity index (χ0v) is 5.74. The van der Waals surface area contributed by atoms with Crippen molar-refractivity contribution in [2.45, 2.75) is 6.42 Å². The maximum absolute atomic E-state index is 10.9. The molecule has 3 heteroatoms. The third-order valence-electron chi connectivity index (χ3n) is 1.46. The van der Waals surface area contributed by atoms with E-state index in [0.717, 1.165) is 0 Å². The molecule has 0 aromatic carbocycles. The smallest absolute Gasteiger partial charge is 0.170 e. The summed E-state index contributed by atoms with van der Waals surface area (Å²) in [5.41, 5.74) is 0.166. The summed E-state index contributed by atoms with van der Waals surface area (Å²) in [4.78, 5) is 31.4. The Morgan fingerprint density at radius 1 is 1.27 bits per heavy atom. The van der Waals surface area contributed by atoms with Crippen molar-refractivity contribution in [2.24, 2.45) is 0 Å². The van der Waals surface area contributed by atoms with Gasteiger partial charge in [-0.15, -0.1) is 0 Å². The van der Waals surface area contributed by atoms with Gasteiger partial charge < -0.3 is 0 Å². The molecule has 0 aliphatic heterocycles. The number of aldehydes is 2. The molecule has 0 aromatic rings. The number of rotatable bonds is 2. The first kappa shape index (κ1) is 7.60. The predicted molar refractivity (Wildman–Crippen MR) is 37.9 cm³/mol. The maximum Gasteiger partial charge on any atom is 0.170 e. The number of hydrogen-bond acceptors (Lipinski definition) is 3. The second kappa shape index (κ2) is 3.05. The minimum absolute atomic E-state index is 0.0116. The molecular formula is C8H6O3. The Balaban J connectivity index is 3.14. The fourth-order valence-corrected chi connectivity index (χ4v) is 0.890. The van der Waals surface area contributed by atoms with Crippen LogP contribution in [0.25, 0.3) is 0 Å². The fourth-order valence-electron chi connectivity index (χ4n) is 0.890. The van der Waals surface area contributed by atoms with Crippen LogP contribution in [-0.4, -0.2) is 18.4 Å². The maximum atomic E-state index is 10.9. The van der Waals surface area contributed by atoms with Crippen LogP contribution in [0.4, 0.5) is 0 Å². The van der Waals surface area contributed by atoms with Gasteiger partial charge in [-0.05, 0) is 0 Å². The standard InChI is InChI=1S/C8H6O3/c9-4-6-2-1-3-8(11)7(6)5-10/h1-2,4-5H,3H2. The Morgan fingerprint density at radius 2 is 2.00 bits per heavy atom. The SMILES string of the molecule is O=CC1=C(C=O)C(=O)CC=C1. The number of carbonyl (C=O) groups is 3. The Bertz CT molecular complexity index is 271. The minimum Gasteiger partial charge on any atom is -0.298 e. The van der Waals surface area contributed by atoms with E-state index in [-0.39, 0.29) is 23.4 Å². The summed E-state index contributed by atoms with van der Waals surface area (Å²) in [7, 11) is 0. The molecule has 0 fully saturated rings. The quantitative estimate of drug-likeness (QED) is 0.417. The summed E-state index contributed by atoms with van der Waals surface area (Å²) in [5, 5.41) is 0. The van der Waals surface area contributed by atoms with E-state index in [1.54, 1.807) is 6.08 Å². The average Bonchev–Trinajstić information content (AvgIpc) is 2.04. The van der Waals surface area contributed by atoms with E-state index in [1.165, 1.54) is 6.08 Å². The van der Waals surface area contributed by atoms with Crippen LogP contribution in [0.1, 0.15) is 6.42 Å². The lowest BCUT2D eigenvalue weighted by Gasteiger charge is -2.03.